The third kappa shape index (κ3) is 5.86. The second kappa shape index (κ2) is 8.53. The minimum atomic E-state index is -0.0703. The number of aliphatic hydroxyl groups is 1. The second-order valence-corrected chi connectivity index (χ2v) is 4.96. The van der Waals surface area contributed by atoms with Gasteiger partial charge >= 0.3 is 0 Å². The van der Waals surface area contributed by atoms with Gasteiger partial charge in [0.05, 0.1) is 13.2 Å². The second-order valence-electron chi connectivity index (χ2n) is 3.69. The molecule has 0 saturated heterocycles. The van der Waals surface area contributed by atoms with Gasteiger partial charge < -0.3 is 15.6 Å². The van der Waals surface area contributed by atoms with Crippen LogP contribution in [0.4, 0.5) is 0 Å². The van der Waals surface area contributed by atoms with Crippen molar-refractivity contribution in [3.63, 3.8) is 0 Å². The van der Waals surface area contributed by atoms with E-state index in [0.717, 1.165) is 5.75 Å². The number of hydrogen-bond donors (Lipinski definition) is 2. The van der Waals surface area contributed by atoms with E-state index in [1.54, 1.807) is 18.9 Å². The van der Waals surface area contributed by atoms with Crippen molar-refractivity contribution in [2.45, 2.75) is 31.6 Å². The molecule has 0 aromatic carbocycles. The molecule has 3 unspecified atom stereocenters. The first-order valence-electron chi connectivity index (χ1n) is 5.12. The summed E-state index contributed by atoms with van der Waals surface area (Å²) >= 11 is 1.75. The molecule has 0 fully saturated rings. The Morgan fingerprint density at radius 3 is 2.57 bits per heavy atom. The van der Waals surface area contributed by atoms with E-state index in [-0.39, 0.29) is 17.9 Å². The van der Waals surface area contributed by atoms with Crippen molar-refractivity contribution in [3.05, 3.63) is 0 Å². The average Bonchev–Trinajstić information content (AvgIpc) is 2.18. The molecule has 0 heterocycles. The molecular weight excluding hydrogens is 198 g/mol. The molecule has 3 nitrogen and oxygen atoms in total. The summed E-state index contributed by atoms with van der Waals surface area (Å²) in [5, 5.41) is 9.25. The Balaban J connectivity index is 3.77. The molecule has 0 aliphatic heterocycles. The SMILES string of the molecule is CCC(C)CSC(CO)C(N)COC. The maximum absolute atomic E-state index is 9.15. The van der Waals surface area contributed by atoms with E-state index in [9.17, 15) is 0 Å². The summed E-state index contributed by atoms with van der Waals surface area (Å²) in [6, 6.07) is -0.0703. The van der Waals surface area contributed by atoms with Crippen molar-refractivity contribution in [2.24, 2.45) is 11.7 Å². The smallest absolute Gasteiger partial charge is 0.0625 e. The standard InChI is InChI=1S/C10H23NO2S/c1-4-8(2)7-14-10(5-12)9(11)6-13-3/h8-10,12H,4-7,11H2,1-3H3. The zero-order valence-corrected chi connectivity index (χ0v) is 10.2. The lowest BCUT2D eigenvalue weighted by Gasteiger charge is -2.22. The van der Waals surface area contributed by atoms with Crippen LogP contribution in [0.5, 0.6) is 0 Å². The fourth-order valence-electron chi connectivity index (χ4n) is 1.02. The van der Waals surface area contributed by atoms with Gasteiger partial charge in [-0.25, -0.2) is 0 Å². The zero-order chi connectivity index (χ0) is 11.0. The first kappa shape index (κ1) is 14.2. The maximum atomic E-state index is 9.15. The van der Waals surface area contributed by atoms with Crippen molar-refractivity contribution in [1.29, 1.82) is 0 Å². The topological polar surface area (TPSA) is 55.5 Å². The molecule has 0 saturated carbocycles. The van der Waals surface area contributed by atoms with Crippen LogP contribution in [0.15, 0.2) is 0 Å². The van der Waals surface area contributed by atoms with Crippen molar-refractivity contribution < 1.29 is 9.84 Å². The third-order valence-corrected chi connectivity index (χ3v) is 4.00. The van der Waals surface area contributed by atoms with Crippen LogP contribution in [0.1, 0.15) is 20.3 Å². The van der Waals surface area contributed by atoms with Gasteiger partial charge in [0.15, 0.2) is 0 Å². The van der Waals surface area contributed by atoms with Crippen LogP contribution in [0, 0.1) is 5.92 Å². The van der Waals surface area contributed by atoms with Crippen molar-refractivity contribution in [1.82, 2.24) is 0 Å². The maximum Gasteiger partial charge on any atom is 0.0625 e. The molecule has 0 spiro atoms. The molecule has 0 radical (unpaired) electrons. The van der Waals surface area contributed by atoms with Crippen LogP contribution in [-0.2, 0) is 4.74 Å². The summed E-state index contributed by atoms with van der Waals surface area (Å²) < 4.78 is 4.97. The first-order chi connectivity index (χ1) is 6.65. The summed E-state index contributed by atoms with van der Waals surface area (Å²) in [5.74, 6) is 1.74. The van der Waals surface area contributed by atoms with Gasteiger partial charge in [-0.3, -0.25) is 0 Å². The molecule has 0 rings (SSSR count). The van der Waals surface area contributed by atoms with Gasteiger partial charge in [0, 0.05) is 18.4 Å². The Kier molecular flexibility index (Phi) is 8.67. The number of ether oxygens (including phenoxy) is 1. The highest BCUT2D eigenvalue weighted by atomic mass is 32.2. The first-order valence-corrected chi connectivity index (χ1v) is 6.17. The third-order valence-electron chi connectivity index (χ3n) is 2.31. The van der Waals surface area contributed by atoms with Gasteiger partial charge in [-0.2, -0.15) is 11.8 Å². The molecule has 14 heavy (non-hydrogen) atoms. The van der Waals surface area contributed by atoms with Crippen LogP contribution in [0.25, 0.3) is 0 Å². The minimum Gasteiger partial charge on any atom is -0.395 e. The lowest BCUT2D eigenvalue weighted by atomic mass is 10.2. The van der Waals surface area contributed by atoms with E-state index in [4.69, 9.17) is 15.6 Å². The normalized spacial score (nSPS) is 17.8. The van der Waals surface area contributed by atoms with E-state index in [1.807, 2.05) is 0 Å². The number of nitrogens with two attached hydrogens (primary N) is 1. The summed E-state index contributed by atoms with van der Waals surface area (Å²) in [5.41, 5.74) is 5.86. The molecular formula is C10H23NO2S. The Morgan fingerprint density at radius 1 is 1.50 bits per heavy atom. The number of aliphatic hydroxyl groups excluding tert-OH is 1. The lowest BCUT2D eigenvalue weighted by molar-refractivity contribution is 0.167. The predicted molar refractivity (Wildman–Crippen MR) is 62.6 cm³/mol. The molecule has 3 N–H and O–H groups in total. The molecule has 86 valence electrons. The number of rotatable bonds is 8. The summed E-state index contributed by atoms with van der Waals surface area (Å²) in [4.78, 5) is 0. The van der Waals surface area contributed by atoms with Crippen LogP contribution in [0.2, 0.25) is 0 Å². The molecule has 0 bridgehead atoms. The highest BCUT2D eigenvalue weighted by Crippen LogP contribution is 2.18. The van der Waals surface area contributed by atoms with Crippen LogP contribution in [-0.4, -0.2) is 42.5 Å². The van der Waals surface area contributed by atoms with Crippen molar-refractivity contribution in [2.75, 3.05) is 26.1 Å². The van der Waals surface area contributed by atoms with Crippen LogP contribution in [0.3, 0.4) is 0 Å². The summed E-state index contributed by atoms with van der Waals surface area (Å²) in [6.45, 7) is 5.03. The molecule has 0 aliphatic carbocycles. The van der Waals surface area contributed by atoms with E-state index < -0.39 is 0 Å². The summed E-state index contributed by atoms with van der Waals surface area (Å²) in [7, 11) is 1.63. The number of thioether (sulfide) groups is 1. The van der Waals surface area contributed by atoms with Gasteiger partial charge in [0.2, 0.25) is 0 Å². The van der Waals surface area contributed by atoms with Gasteiger partial charge in [-0.15, -0.1) is 0 Å². The van der Waals surface area contributed by atoms with Gasteiger partial charge in [0.25, 0.3) is 0 Å². The largest absolute Gasteiger partial charge is 0.395 e. The molecule has 0 aliphatic rings. The molecule has 0 aromatic heterocycles. The molecule has 3 atom stereocenters. The monoisotopic (exact) mass is 221 g/mol. The quantitative estimate of drug-likeness (QED) is 0.644. The average molecular weight is 221 g/mol. The Labute approximate surface area is 91.4 Å². The zero-order valence-electron chi connectivity index (χ0n) is 9.40. The summed E-state index contributed by atoms with van der Waals surface area (Å²) in [6.07, 6.45) is 1.17. The lowest BCUT2D eigenvalue weighted by Crippen LogP contribution is -2.39. The molecule has 0 aromatic rings. The minimum absolute atomic E-state index is 0.0703. The van der Waals surface area contributed by atoms with Crippen molar-refractivity contribution >= 4 is 11.8 Å². The van der Waals surface area contributed by atoms with Crippen LogP contribution < -0.4 is 5.73 Å². The Bertz CT molecular complexity index is 135. The van der Waals surface area contributed by atoms with E-state index in [2.05, 4.69) is 13.8 Å². The van der Waals surface area contributed by atoms with Crippen molar-refractivity contribution in [3.8, 4) is 0 Å². The Hall–Kier alpha value is 0.230. The van der Waals surface area contributed by atoms with E-state index in [1.165, 1.54) is 6.42 Å². The van der Waals surface area contributed by atoms with Gasteiger partial charge in [0.1, 0.15) is 0 Å². The van der Waals surface area contributed by atoms with Gasteiger partial charge in [-0.05, 0) is 11.7 Å². The fourth-order valence-corrected chi connectivity index (χ4v) is 2.26. The predicted octanol–water partition coefficient (Wildman–Crippen LogP) is 1.10. The van der Waals surface area contributed by atoms with Gasteiger partial charge in [-0.1, -0.05) is 20.3 Å². The number of hydrogen-bond acceptors (Lipinski definition) is 4. The molecule has 0 amide bonds. The Morgan fingerprint density at radius 2 is 2.14 bits per heavy atom. The van der Waals surface area contributed by atoms with E-state index in [0.29, 0.717) is 12.5 Å². The fraction of sp³-hybridized carbons (Fsp3) is 1.00. The number of methoxy groups -OCH3 is 1. The molecule has 4 heteroatoms. The van der Waals surface area contributed by atoms with E-state index >= 15 is 0 Å². The van der Waals surface area contributed by atoms with Crippen LogP contribution >= 0.6 is 11.8 Å². The highest BCUT2D eigenvalue weighted by Gasteiger charge is 2.17. The highest BCUT2D eigenvalue weighted by molar-refractivity contribution is 8.00.